The van der Waals surface area contributed by atoms with Gasteiger partial charge in [-0.2, -0.15) is 0 Å². The molecule has 4 aromatic rings. The van der Waals surface area contributed by atoms with Crippen LogP contribution in [0, 0.1) is 13.8 Å². The lowest BCUT2D eigenvalue weighted by molar-refractivity contribution is 0.439. The summed E-state index contributed by atoms with van der Waals surface area (Å²) in [6, 6.07) is 21.6. The Morgan fingerprint density at radius 1 is 1.06 bits per heavy atom. The molecule has 0 radical (unpaired) electrons. The largest absolute Gasteiger partial charge is 0.459 e. The van der Waals surface area contributed by atoms with Crippen LogP contribution in [0.4, 0.5) is 5.69 Å². The van der Waals surface area contributed by atoms with E-state index in [4.69, 9.17) is 28.2 Å². The van der Waals surface area contributed by atoms with E-state index in [1.165, 1.54) is 0 Å². The number of aromatic nitrogens is 1. The summed E-state index contributed by atoms with van der Waals surface area (Å²) in [6.45, 7) is 4.07. The van der Waals surface area contributed by atoms with E-state index in [2.05, 4.69) is 50.2 Å². The van der Waals surface area contributed by atoms with E-state index in [0.29, 0.717) is 10.1 Å². The molecule has 3 heterocycles. The standard InChI is InChI=1S/C26H21BrClN3OS/c1-15-14-17(9-10-19(15)27)31-25(24(30-26(31)33)21-8-3-4-13-29-21)23-12-11-22(32-23)18-6-5-7-20(28)16(18)2/h3-14,24-25H,1-2H3,(H,30,33)/t24-,25+/m0/s1. The maximum absolute atomic E-state index is 6.46. The fraction of sp³-hybridized carbons (Fsp3) is 0.154. The molecule has 5 rings (SSSR count). The molecule has 0 unspecified atom stereocenters. The molecule has 0 bridgehead atoms. The highest BCUT2D eigenvalue weighted by Gasteiger charge is 2.42. The third-order valence-corrected chi connectivity index (χ3v) is 7.58. The van der Waals surface area contributed by atoms with Gasteiger partial charge in [-0.15, -0.1) is 0 Å². The van der Waals surface area contributed by atoms with Crippen molar-refractivity contribution in [1.82, 2.24) is 10.3 Å². The van der Waals surface area contributed by atoms with Gasteiger partial charge in [0.15, 0.2) is 5.11 Å². The molecule has 166 valence electrons. The Balaban J connectivity index is 1.62. The van der Waals surface area contributed by atoms with Crippen molar-refractivity contribution in [3.05, 3.63) is 105 Å². The fourth-order valence-electron chi connectivity index (χ4n) is 4.23. The third kappa shape index (κ3) is 4.07. The zero-order chi connectivity index (χ0) is 23.1. The van der Waals surface area contributed by atoms with Crippen LogP contribution < -0.4 is 10.2 Å². The number of hydrogen-bond donors (Lipinski definition) is 1. The zero-order valence-corrected chi connectivity index (χ0v) is 21.2. The number of aryl methyl sites for hydroxylation is 1. The van der Waals surface area contributed by atoms with Crippen LogP contribution in [0.5, 0.6) is 0 Å². The fourth-order valence-corrected chi connectivity index (χ4v) is 5.00. The number of hydrogen-bond acceptors (Lipinski definition) is 3. The lowest BCUT2D eigenvalue weighted by atomic mass is 10.0. The summed E-state index contributed by atoms with van der Waals surface area (Å²) >= 11 is 15.8. The first-order valence-electron chi connectivity index (χ1n) is 10.6. The molecule has 0 aliphatic carbocycles. The van der Waals surface area contributed by atoms with E-state index >= 15 is 0 Å². The van der Waals surface area contributed by atoms with Gasteiger partial charge in [0.1, 0.15) is 17.6 Å². The van der Waals surface area contributed by atoms with Crippen molar-refractivity contribution in [2.24, 2.45) is 0 Å². The minimum Gasteiger partial charge on any atom is -0.459 e. The van der Waals surface area contributed by atoms with E-state index in [9.17, 15) is 0 Å². The molecule has 1 saturated heterocycles. The Hall–Kier alpha value is -2.67. The van der Waals surface area contributed by atoms with Gasteiger partial charge in [-0.3, -0.25) is 4.98 Å². The van der Waals surface area contributed by atoms with Crippen molar-refractivity contribution >= 4 is 50.5 Å². The molecule has 1 aliphatic heterocycles. The number of rotatable bonds is 4. The number of benzene rings is 2. The van der Waals surface area contributed by atoms with E-state index in [0.717, 1.165) is 44.1 Å². The van der Waals surface area contributed by atoms with Gasteiger partial charge in [0, 0.05) is 26.9 Å². The number of nitrogens with one attached hydrogen (secondary N) is 1. The molecule has 2 aromatic carbocycles. The van der Waals surface area contributed by atoms with Crippen molar-refractivity contribution in [1.29, 1.82) is 0 Å². The predicted octanol–water partition coefficient (Wildman–Crippen LogP) is 7.55. The normalized spacial score (nSPS) is 17.9. The molecule has 4 nitrogen and oxygen atoms in total. The number of halogens is 2. The van der Waals surface area contributed by atoms with Gasteiger partial charge in [0.25, 0.3) is 0 Å². The van der Waals surface area contributed by atoms with Crippen LogP contribution in [0.2, 0.25) is 5.02 Å². The second-order valence-corrected chi connectivity index (χ2v) is 9.69. The van der Waals surface area contributed by atoms with Crippen LogP contribution in [-0.2, 0) is 0 Å². The molecule has 33 heavy (non-hydrogen) atoms. The van der Waals surface area contributed by atoms with Crippen molar-refractivity contribution in [3.63, 3.8) is 0 Å². The first kappa shape index (κ1) is 22.1. The molecule has 2 atom stereocenters. The van der Waals surface area contributed by atoms with Gasteiger partial charge in [0.05, 0.1) is 11.7 Å². The molecule has 0 saturated carbocycles. The number of anilines is 1. The number of thiocarbonyl (C=S) groups is 1. The Bertz CT molecular complexity index is 1340. The van der Waals surface area contributed by atoms with Gasteiger partial charge in [-0.1, -0.05) is 45.7 Å². The molecule has 7 heteroatoms. The highest BCUT2D eigenvalue weighted by molar-refractivity contribution is 9.10. The Morgan fingerprint density at radius 3 is 2.67 bits per heavy atom. The van der Waals surface area contributed by atoms with Crippen molar-refractivity contribution in [2.45, 2.75) is 25.9 Å². The first-order chi connectivity index (χ1) is 15.9. The zero-order valence-electron chi connectivity index (χ0n) is 18.0. The van der Waals surface area contributed by atoms with Gasteiger partial charge in [-0.05, 0) is 85.7 Å². The maximum atomic E-state index is 6.46. The number of nitrogens with zero attached hydrogens (tertiary/aromatic N) is 2. The quantitative estimate of drug-likeness (QED) is 0.272. The van der Waals surface area contributed by atoms with E-state index in [1.807, 2.05) is 61.5 Å². The summed E-state index contributed by atoms with van der Waals surface area (Å²) in [5.74, 6) is 1.57. The Kier molecular flexibility index (Phi) is 5.99. The van der Waals surface area contributed by atoms with Crippen molar-refractivity contribution < 1.29 is 4.42 Å². The van der Waals surface area contributed by atoms with Gasteiger partial charge in [-0.25, -0.2) is 0 Å². The Morgan fingerprint density at radius 2 is 1.91 bits per heavy atom. The monoisotopic (exact) mass is 537 g/mol. The Labute approximate surface area is 211 Å². The van der Waals surface area contributed by atoms with Crippen LogP contribution in [-0.4, -0.2) is 10.1 Å². The number of furan rings is 1. The lowest BCUT2D eigenvalue weighted by Crippen LogP contribution is -2.29. The van der Waals surface area contributed by atoms with E-state index < -0.39 is 0 Å². The molecular weight excluding hydrogens is 518 g/mol. The first-order valence-corrected chi connectivity index (χ1v) is 12.1. The third-order valence-electron chi connectivity index (χ3n) is 5.97. The minimum atomic E-state index is -0.207. The number of pyridine rings is 1. The van der Waals surface area contributed by atoms with Crippen LogP contribution >= 0.6 is 39.7 Å². The average Bonchev–Trinajstić information content (AvgIpc) is 3.43. The SMILES string of the molecule is Cc1cc(N2C(=S)N[C@@H](c3ccccn3)[C@H]2c2ccc(-c3cccc(Cl)c3C)o2)ccc1Br. The molecule has 1 fully saturated rings. The molecule has 0 amide bonds. The van der Waals surface area contributed by atoms with E-state index in [-0.39, 0.29) is 12.1 Å². The highest BCUT2D eigenvalue weighted by atomic mass is 79.9. The predicted molar refractivity (Wildman–Crippen MR) is 141 cm³/mol. The molecule has 1 N–H and O–H groups in total. The van der Waals surface area contributed by atoms with Gasteiger partial charge in [0.2, 0.25) is 0 Å². The lowest BCUT2D eigenvalue weighted by Gasteiger charge is -2.26. The van der Waals surface area contributed by atoms with Crippen LogP contribution in [0.15, 0.2) is 81.8 Å². The summed E-state index contributed by atoms with van der Waals surface area (Å²) < 4.78 is 7.51. The van der Waals surface area contributed by atoms with Crippen molar-refractivity contribution in [3.8, 4) is 11.3 Å². The second kappa shape index (κ2) is 8.93. The molecule has 0 spiro atoms. The second-order valence-electron chi connectivity index (χ2n) is 8.04. The topological polar surface area (TPSA) is 41.3 Å². The van der Waals surface area contributed by atoms with Crippen LogP contribution in [0.3, 0.4) is 0 Å². The van der Waals surface area contributed by atoms with Crippen molar-refractivity contribution in [2.75, 3.05) is 4.90 Å². The molecule has 1 aliphatic rings. The smallest absolute Gasteiger partial charge is 0.174 e. The summed E-state index contributed by atoms with van der Waals surface area (Å²) in [7, 11) is 0. The van der Waals surface area contributed by atoms with E-state index in [1.54, 1.807) is 6.20 Å². The summed E-state index contributed by atoms with van der Waals surface area (Å²) in [6.07, 6.45) is 1.80. The van der Waals surface area contributed by atoms with Gasteiger partial charge >= 0.3 is 0 Å². The van der Waals surface area contributed by atoms with Gasteiger partial charge < -0.3 is 14.6 Å². The molecule has 2 aromatic heterocycles. The minimum absolute atomic E-state index is 0.165. The van der Waals surface area contributed by atoms with Crippen LogP contribution in [0.1, 0.15) is 34.7 Å². The molecular formula is C26H21BrClN3OS. The summed E-state index contributed by atoms with van der Waals surface area (Å²) in [5, 5.41) is 4.82. The highest BCUT2D eigenvalue weighted by Crippen LogP contribution is 2.43. The summed E-state index contributed by atoms with van der Waals surface area (Å²) in [4.78, 5) is 6.72. The maximum Gasteiger partial charge on any atom is 0.174 e. The van der Waals surface area contributed by atoms with Crippen LogP contribution in [0.25, 0.3) is 11.3 Å². The average molecular weight is 539 g/mol. The summed E-state index contributed by atoms with van der Waals surface area (Å²) in [5.41, 5.74) is 4.99.